The number of hydrogen-bond donors (Lipinski definition) is 2. The Morgan fingerprint density at radius 2 is 1.87 bits per heavy atom. The predicted molar refractivity (Wildman–Crippen MR) is 123 cm³/mol. The highest BCUT2D eigenvalue weighted by Gasteiger charge is 2.25. The van der Waals surface area contributed by atoms with Crippen molar-refractivity contribution in [2.75, 3.05) is 13.7 Å². The summed E-state index contributed by atoms with van der Waals surface area (Å²) in [5.74, 6) is 1.67. The first kappa shape index (κ1) is 19.2. The average Bonchev–Trinajstić information content (AvgIpc) is 3.17. The van der Waals surface area contributed by atoms with Gasteiger partial charge in [0.25, 0.3) is 0 Å². The van der Waals surface area contributed by atoms with Crippen molar-refractivity contribution in [1.82, 2.24) is 10.3 Å². The zero-order valence-electron chi connectivity index (χ0n) is 16.7. The van der Waals surface area contributed by atoms with Gasteiger partial charge in [0.2, 0.25) is 0 Å². The molecule has 1 atom stereocenters. The lowest BCUT2D eigenvalue weighted by molar-refractivity contribution is 0.296. The molecule has 0 aliphatic carbocycles. The zero-order valence-corrected chi connectivity index (χ0v) is 18.3. The first-order valence-corrected chi connectivity index (χ1v) is 10.9. The molecule has 0 saturated carbocycles. The van der Waals surface area contributed by atoms with Crippen molar-refractivity contribution in [1.29, 1.82) is 0 Å². The van der Waals surface area contributed by atoms with E-state index >= 15 is 0 Å². The van der Waals surface area contributed by atoms with E-state index in [-0.39, 0.29) is 6.04 Å². The van der Waals surface area contributed by atoms with Crippen LogP contribution < -0.4 is 14.8 Å². The van der Waals surface area contributed by atoms with Crippen molar-refractivity contribution in [2.45, 2.75) is 19.1 Å². The van der Waals surface area contributed by atoms with Gasteiger partial charge in [0.05, 0.1) is 13.2 Å². The minimum atomic E-state index is 0.124. The van der Waals surface area contributed by atoms with E-state index in [4.69, 9.17) is 9.47 Å². The molecule has 0 radical (unpaired) electrons. The minimum Gasteiger partial charge on any atom is -0.496 e. The Hall–Kier alpha value is -2.76. The summed E-state index contributed by atoms with van der Waals surface area (Å²) < 4.78 is 12.7. The van der Waals surface area contributed by atoms with Crippen LogP contribution >= 0.6 is 15.9 Å². The number of H-pyrrole nitrogens is 1. The van der Waals surface area contributed by atoms with Gasteiger partial charge in [0.1, 0.15) is 18.1 Å². The van der Waals surface area contributed by atoms with Crippen molar-refractivity contribution >= 4 is 26.8 Å². The maximum atomic E-state index is 6.02. The number of benzene rings is 3. The number of halogens is 1. The molecule has 4 aromatic rings. The van der Waals surface area contributed by atoms with Gasteiger partial charge in [-0.25, -0.2) is 0 Å². The van der Waals surface area contributed by atoms with Gasteiger partial charge < -0.3 is 19.8 Å². The quantitative estimate of drug-likeness (QED) is 0.396. The van der Waals surface area contributed by atoms with E-state index in [1.807, 2.05) is 30.3 Å². The number of aromatic amines is 1. The van der Waals surface area contributed by atoms with Crippen LogP contribution in [0.1, 0.15) is 28.4 Å². The molecule has 4 nitrogen and oxygen atoms in total. The number of ether oxygens (including phenoxy) is 2. The minimum absolute atomic E-state index is 0.124. The molecule has 2 N–H and O–H groups in total. The maximum Gasteiger partial charge on any atom is 0.125 e. The maximum absolute atomic E-state index is 6.02. The molecule has 0 saturated heterocycles. The Morgan fingerprint density at radius 1 is 1.03 bits per heavy atom. The molecule has 0 unspecified atom stereocenters. The van der Waals surface area contributed by atoms with Crippen LogP contribution in [-0.2, 0) is 13.0 Å². The van der Waals surface area contributed by atoms with Crippen molar-refractivity contribution in [3.63, 3.8) is 0 Å². The van der Waals surface area contributed by atoms with Crippen LogP contribution in [0.4, 0.5) is 0 Å². The second kappa shape index (κ2) is 8.17. The molecule has 1 aromatic heterocycles. The van der Waals surface area contributed by atoms with Gasteiger partial charge in [-0.15, -0.1) is 0 Å². The lowest BCUT2D eigenvalue weighted by atomic mass is 9.93. The molecular formula is C25H23BrN2O2. The third-order valence-corrected chi connectivity index (χ3v) is 6.23. The van der Waals surface area contributed by atoms with Crippen molar-refractivity contribution in [3.05, 3.63) is 93.6 Å². The fourth-order valence-corrected chi connectivity index (χ4v) is 4.51. The van der Waals surface area contributed by atoms with Crippen molar-refractivity contribution < 1.29 is 9.47 Å². The Labute approximate surface area is 184 Å². The molecule has 0 amide bonds. The summed E-state index contributed by atoms with van der Waals surface area (Å²) in [7, 11) is 1.70. The van der Waals surface area contributed by atoms with Crippen LogP contribution in [0.25, 0.3) is 10.9 Å². The van der Waals surface area contributed by atoms with Crippen LogP contribution in [0, 0.1) is 0 Å². The second-order valence-corrected chi connectivity index (χ2v) is 8.43. The monoisotopic (exact) mass is 462 g/mol. The van der Waals surface area contributed by atoms with Crippen LogP contribution in [0.2, 0.25) is 0 Å². The van der Waals surface area contributed by atoms with Gasteiger partial charge in [-0.05, 0) is 60.0 Å². The topological polar surface area (TPSA) is 46.3 Å². The number of hydrogen-bond acceptors (Lipinski definition) is 3. The zero-order chi connectivity index (χ0) is 20.5. The summed E-state index contributed by atoms with van der Waals surface area (Å²) in [6, 6.07) is 22.9. The number of nitrogens with one attached hydrogen (secondary N) is 2. The molecule has 0 bridgehead atoms. The number of aromatic nitrogens is 1. The van der Waals surface area contributed by atoms with Crippen LogP contribution in [0.15, 0.2) is 71.2 Å². The number of fused-ring (bicyclic) bond motifs is 3. The Morgan fingerprint density at radius 3 is 2.70 bits per heavy atom. The van der Waals surface area contributed by atoms with Crippen molar-refractivity contribution in [2.24, 2.45) is 0 Å². The van der Waals surface area contributed by atoms with Crippen LogP contribution in [0.5, 0.6) is 11.5 Å². The third-order valence-electron chi connectivity index (χ3n) is 5.70. The van der Waals surface area contributed by atoms with Gasteiger partial charge in [-0.2, -0.15) is 0 Å². The first-order chi connectivity index (χ1) is 14.7. The Balaban J connectivity index is 1.47. The highest BCUT2D eigenvalue weighted by atomic mass is 79.9. The molecule has 3 aromatic carbocycles. The number of rotatable bonds is 5. The number of methoxy groups -OCH3 is 1. The number of para-hydroxylation sites is 1. The summed E-state index contributed by atoms with van der Waals surface area (Å²) in [5, 5.41) is 5.00. The van der Waals surface area contributed by atoms with Crippen molar-refractivity contribution in [3.8, 4) is 11.5 Å². The fourth-order valence-electron chi connectivity index (χ4n) is 4.25. The van der Waals surface area contributed by atoms with Gasteiger partial charge in [0, 0.05) is 33.2 Å². The van der Waals surface area contributed by atoms with Crippen LogP contribution in [0.3, 0.4) is 0 Å². The Bertz CT molecular complexity index is 1180. The molecule has 2 heterocycles. The van der Waals surface area contributed by atoms with E-state index in [1.165, 1.54) is 27.7 Å². The van der Waals surface area contributed by atoms with Gasteiger partial charge in [-0.3, -0.25) is 0 Å². The van der Waals surface area contributed by atoms with E-state index < -0.39 is 0 Å². The smallest absolute Gasteiger partial charge is 0.125 e. The van der Waals surface area contributed by atoms with E-state index in [0.717, 1.165) is 34.5 Å². The molecule has 0 spiro atoms. The molecule has 1 aliphatic rings. The van der Waals surface area contributed by atoms with Gasteiger partial charge in [0.15, 0.2) is 0 Å². The van der Waals surface area contributed by atoms with Crippen LogP contribution in [-0.4, -0.2) is 18.6 Å². The molecule has 0 fully saturated rings. The largest absolute Gasteiger partial charge is 0.496 e. The van der Waals surface area contributed by atoms with Gasteiger partial charge in [-0.1, -0.05) is 40.2 Å². The third kappa shape index (κ3) is 3.59. The normalized spacial score (nSPS) is 15.7. The standard InChI is InChI=1S/C25H23BrN2O2/c1-29-23-11-6-16(14-17(23)15-30-19-9-7-18(26)8-10-19)24-25-21(12-13-27-24)20-4-2-3-5-22(20)28-25/h2-11,14,24,27-28H,12-13,15H2,1H3/t24-/m0/s1. The molecule has 5 heteroatoms. The van der Waals surface area contributed by atoms with E-state index in [1.54, 1.807) is 7.11 Å². The molecule has 1 aliphatic heterocycles. The first-order valence-electron chi connectivity index (χ1n) is 10.1. The molecular weight excluding hydrogens is 440 g/mol. The SMILES string of the molecule is COc1ccc([C@@H]2NCCc3c2[nH]c2ccccc32)cc1COc1ccc(Br)cc1. The molecule has 30 heavy (non-hydrogen) atoms. The van der Waals surface area contributed by atoms with E-state index in [2.05, 4.69) is 62.6 Å². The summed E-state index contributed by atoms with van der Waals surface area (Å²) in [6.07, 6.45) is 1.03. The fraction of sp³-hybridized carbons (Fsp3) is 0.200. The lowest BCUT2D eigenvalue weighted by Gasteiger charge is -2.25. The summed E-state index contributed by atoms with van der Waals surface area (Å²) in [4.78, 5) is 3.65. The second-order valence-electron chi connectivity index (χ2n) is 7.51. The summed E-state index contributed by atoms with van der Waals surface area (Å²) in [5.41, 5.74) is 6.11. The molecule has 5 rings (SSSR count). The highest BCUT2D eigenvalue weighted by Crippen LogP contribution is 2.35. The Kier molecular flexibility index (Phi) is 5.23. The lowest BCUT2D eigenvalue weighted by Crippen LogP contribution is -2.30. The summed E-state index contributed by atoms with van der Waals surface area (Å²) >= 11 is 3.46. The van der Waals surface area contributed by atoms with E-state index in [9.17, 15) is 0 Å². The average molecular weight is 463 g/mol. The molecule has 152 valence electrons. The summed E-state index contributed by atoms with van der Waals surface area (Å²) in [6.45, 7) is 1.40. The highest BCUT2D eigenvalue weighted by molar-refractivity contribution is 9.10. The van der Waals surface area contributed by atoms with Gasteiger partial charge >= 0.3 is 0 Å². The predicted octanol–water partition coefficient (Wildman–Crippen LogP) is 5.75. The van der Waals surface area contributed by atoms with E-state index in [0.29, 0.717) is 6.61 Å².